The average Bonchev–Trinajstić information content (AvgIpc) is 2.89. The van der Waals surface area contributed by atoms with Crippen LogP contribution in [0.5, 0.6) is 5.75 Å². The summed E-state index contributed by atoms with van der Waals surface area (Å²) < 4.78 is 7.56. The lowest BCUT2D eigenvalue weighted by molar-refractivity contribution is 0.413. The number of methoxy groups -OCH3 is 1. The SMILES string of the molecule is COc1ccccc1-n1ccc2cc(CN)ccc21. The Kier molecular flexibility index (Phi) is 2.97. The van der Waals surface area contributed by atoms with E-state index >= 15 is 0 Å². The molecule has 3 heteroatoms. The van der Waals surface area contributed by atoms with Gasteiger partial charge in [-0.2, -0.15) is 0 Å². The molecule has 0 saturated heterocycles. The van der Waals surface area contributed by atoms with Crippen molar-refractivity contribution >= 4 is 10.9 Å². The van der Waals surface area contributed by atoms with Crippen molar-refractivity contribution in [2.45, 2.75) is 6.54 Å². The first-order valence-corrected chi connectivity index (χ1v) is 6.27. The summed E-state index contributed by atoms with van der Waals surface area (Å²) in [6.07, 6.45) is 2.06. The van der Waals surface area contributed by atoms with E-state index in [9.17, 15) is 0 Å². The first-order valence-electron chi connectivity index (χ1n) is 6.27. The fraction of sp³-hybridized carbons (Fsp3) is 0.125. The van der Waals surface area contributed by atoms with E-state index in [-0.39, 0.29) is 0 Å². The minimum absolute atomic E-state index is 0.565. The summed E-state index contributed by atoms with van der Waals surface area (Å²) in [5, 5.41) is 1.19. The smallest absolute Gasteiger partial charge is 0.142 e. The lowest BCUT2D eigenvalue weighted by Crippen LogP contribution is -1.97. The van der Waals surface area contributed by atoms with E-state index in [1.165, 1.54) is 5.39 Å². The molecule has 0 bridgehead atoms. The molecule has 3 rings (SSSR count). The zero-order valence-electron chi connectivity index (χ0n) is 10.8. The zero-order chi connectivity index (χ0) is 13.2. The zero-order valence-corrected chi connectivity index (χ0v) is 10.8. The molecule has 1 aromatic heterocycles. The van der Waals surface area contributed by atoms with Gasteiger partial charge < -0.3 is 15.0 Å². The lowest BCUT2D eigenvalue weighted by Gasteiger charge is -2.10. The molecular weight excluding hydrogens is 236 g/mol. The van der Waals surface area contributed by atoms with E-state index in [4.69, 9.17) is 10.5 Å². The van der Waals surface area contributed by atoms with Crippen LogP contribution in [-0.2, 0) is 6.54 Å². The first-order chi connectivity index (χ1) is 9.33. The monoisotopic (exact) mass is 252 g/mol. The number of nitrogens with two attached hydrogens (primary N) is 1. The summed E-state index contributed by atoms with van der Waals surface area (Å²) in [7, 11) is 1.69. The first kappa shape index (κ1) is 11.8. The Labute approximate surface area is 112 Å². The third-order valence-corrected chi connectivity index (χ3v) is 3.34. The molecule has 0 aliphatic heterocycles. The van der Waals surface area contributed by atoms with Gasteiger partial charge in [0.2, 0.25) is 0 Å². The van der Waals surface area contributed by atoms with Gasteiger partial charge in [0.05, 0.1) is 18.3 Å². The average molecular weight is 252 g/mol. The van der Waals surface area contributed by atoms with Crippen LogP contribution in [0.3, 0.4) is 0 Å². The van der Waals surface area contributed by atoms with Crippen molar-refractivity contribution in [3.05, 3.63) is 60.3 Å². The predicted molar refractivity (Wildman–Crippen MR) is 77.7 cm³/mol. The second-order valence-electron chi connectivity index (χ2n) is 4.45. The number of hydrogen-bond acceptors (Lipinski definition) is 2. The molecule has 2 N–H and O–H groups in total. The molecule has 0 radical (unpaired) electrons. The maximum atomic E-state index is 5.68. The molecule has 3 aromatic rings. The summed E-state index contributed by atoms with van der Waals surface area (Å²) in [6, 6.07) is 16.4. The van der Waals surface area contributed by atoms with Gasteiger partial charge in [-0.05, 0) is 35.9 Å². The van der Waals surface area contributed by atoms with E-state index in [0.717, 1.165) is 22.5 Å². The van der Waals surface area contributed by atoms with Crippen LogP contribution in [0.1, 0.15) is 5.56 Å². The summed E-state index contributed by atoms with van der Waals surface area (Å²) >= 11 is 0. The minimum atomic E-state index is 0.565. The van der Waals surface area contributed by atoms with Crippen LogP contribution in [0.4, 0.5) is 0 Å². The highest BCUT2D eigenvalue weighted by molar-refractivity contribution is 5.83. The second kappa shape index (κ2) is 4.78. The van der Waals surface area contributed by atoms with E-state index in [1.807, 2.05) is 18.2 Å². The molecule has 0 unspecified atom stereocenters. The Morgan fingerprint density at radius 3 is 2.74 bits per heavy atom. The molecule has 0 fully saturated rings. The maximum Gasteiger partial charge on any atom is 0.142 e. The number of aromatic nitrogens is 1. The molecule has 1 heterocycles. The summed E-state index contributed by atoms with van der Waals surface area (Å²) in [4.78, 5) is 0. The number of nitrogens with zero attached hydrogens (tertiary/aromatic N) is 1. The number of hydrogen-bond donors (Lipinski definition) is 1. The molecule has 3 nitrogen and oxygen atoms in total. The normalized spacial score (nSPS) is 10.8. The van der Waals surface area contributed by atoms with Crippen molar-refractivity contribution in [3.8, 4) is 11.4 Å². The van der Waals surface area contributed by atoms with Gasteiger partial charge >= 0.3 is 0 Å². The molecule has 0 amide bonds. The van der Waals surface area contributed by atoms with Gasteiger partial charge in [-0.15, -0.1) is 0 Å². The maximum absolute atomic E-state index is 5.68. The third-order valence-electron chi connectivity index (χ3n) is 3.34. The van der Waals surface area contributed by atoms with Crippen molar-refractivity contribution in [1.82, 2.24) is 4.57 Å². The van der Waals surface area contributed by atoms with Crippen LogP contribution < -0.4 is 10.5 Å². The van der Waals surface area contributed by atoms with Gasteiger partial charge in [0.25, 0.3) is 0 Å². The Morgan fingerprint density at radius 2 is 1.95 bits per heavy atom. The summed E-state index contributed by atoms with van der Waals surface area (Å²) in [5.74, 6) is 0.864. The van der Waals surface area contributed by atoms with Crippen LogP contribution in [0.2, 0.25) is 0 Å². The predicted octanol–water partition coefficient (Wildman–Crippen LogP) is 3.10. The topological polar surface area (TPSA) is 40.2 Å². The van der Waals surface area contributed by atoms with Crippen LogP contribution >= 0.6 is 0 Å². The summed E-state index contributed by atoms with van der Waals surface area (Å²) in [5.41, 5.74) is 9.02. The lowest BCUT2D eigenvalue weighted by atomic mass is 10.1. The van der Waals surface area contributed by atoms with Crippen LogP contribution in [0.25, 0.3) is 16.6 Å². The molecular formula is C16H16N2O. The molecule has 2 aromatic carbocycles. The fourth-order valence-electron chi connectivity index (χ4n) is 2.36. The van der Waals surface area contributed by atoms with Crippen molar-refractivity contribution in [3.63, 3.8) is 0 Å². The Morgan fingerprint density at radius 1 is 1.11 bits per heavy atom. The van der Waals surface area contributed by atoms with Gasteiger partial charge in [-0.25, -0.2) is 0 Å². The summed E-state index contributed by atoms with van der Waals surface area (Å²) in [6.45, 7) is 0.565. The van der Waals surface area contributed by atoms with E-state index in [0.29, 0.717) is 6.54 Å². The molecule has 0 aliphatic rings. The molecule has 0 atom stereocenters. The van der Waals surface area contributed by atoms with Gasteiger partial charge in [0, 0.05) is 18.1 Å². The number of ether oxygens (including phenoxy) is 1. The standard InChI is InChI=1S/C16H16N2O/c1-19-16-5-3-2-4-15(16)18-9-8-13-10-12(11-17)6-7-14(13)18/h2-10H,11,17H2,1H3. The van der Waals surface area contributed by atoms with E-state index in [1.54, 1.807) is 7.11 Å². The Bertz CT molecular complexity index is 716. The van der Waals surface area contributed by atoms with Crippen LogP contribution in [0.15, 0.2) is 54.7 Å². The molecule has 19 heavy (non-hydrogen) atoms. The van der Waals surface area contributed by atoms with Crippen LogP contribution in [-0.4, -0.2) is 11.7 Å². The Hall–Kier alpha value is -2.26. The molecule has 0 saturated carbocycles. The highest BCUT2D eigenvalue weighted by Crippen LogP contribution is 2.27. The molecule has 96 valence electrons. The van der Waals surface area contributed by atoms with Crippen molar-refractivity contribution in [1.29, 1.82) is 0 Å². The quantitative estimate of drug-likeness (QED) is 0.778. The van der Waals surface area contributed by atoms with E-state index < -0.39 is 0 Å². The van der Waals surface area contributed by atoms with Gasteiger partial charge in [0.15, 0.2) is 0 Å². The van der Waals surface area contributed by atoms with Crippen LogP contribution in [0, 0.1) is 0 Å². The van der Waals surface area contributed by atoms with Crippen molar-refractivity contribution < 1.29 is 4.74 Å². The van der Waals surface area contributed by atoms with Crippen molar-refractivity contribution in [2.75, 3.05) is 7.11 Å². The number of para-hydroxylation sites is 2. The number of rotatable bonds is 3. The second-order valence-corrected chi connectivity index (χ2v) is 4.45. The van der Waals surface area contributed by atoms with Gasteiger partial charge in [0.1, 0.15) is 5.75 Å². The Balaban J connectivity index is 2.20. The van der Waals surface area contributed by atoms with Crippen molar-refractivity contribution in [2.24, 2.45) is 5.73 Å². The fourth-order valence-corrected chi connectivity index (χ4v) is 2.36. The highest BCUT2D eigenvalue weighted by Gasteiger charge is 2.07. The van der Waals surface area contributed by atoms with E-state index in [2.05, 4.69) is 41.1 Å². The number of benzene rings is 2. The third kappa shape index (κ3) is 1.98. The molecule has 0 spiro atoms. The number of fused-ring (bicyclic) bond motifs is 1. The highest BCUT2D eigenvalue weighted by atomic mass is 16.5. The minimum Gasteiger partial charge on any atom is -0.495 e. The van der Waals surface area contributed by atoms with Gasteiger partial charge in [-0.1, -0.05) is 18.2 Å². The van der Waals surface area contributed by atoms with Gasteiger partial charge in [-0.3, -0.25) is 0 Å². The largest absolute Gasteiger partial charge is 0.495 e. The molecule has 0 aliphatic carbocycles.